The minimum absolute atomic E-state index is 0.146. The molecule has 1 aliphatic heterocycles. The summed E-state index contributed by atoms with van der Waals surface area (Å²) in [6, 6.07) is 18.4. The van der Waals surface area contributed by atoms with Gasteiger partial charge in [-0.25, -0.2) is 0 Å². The summed E-state index contributed by atoms with van der Waals surface area (Å²) in [5.74, 6) is 1.09. The van der Waals surface area contributed by atoms with Gasteiger partial charge < -0.3 is 4.74 Å². The zero-order valence-corrected chi connectivity index (χ0v) is 15.1. The number of benzene rings is 2. The standard InChI is InChI=1S/C23H23NO/c1-15(2)16-12-13-24-20(14-16)17-8-7-10-19-22(17)25-21-11-6-5-9-18(21)23(19,3)4/h5-15H,1-4H3/i15D. The van der Waals surface area contributed by atoms with Crippen molar-refractivity contribution in [3.8, 4) is 22.8 Å². The van der Waals surface area contributed by atoms with Crippen LogP contribution in [-0.2, 0) is 5.41 Å². The molecular formula is C23H23NO. The van der Waals surface area contributed by atoms with Gasteiger partial charge in [-0.1, -0.05) is 58.0 Å². The van der Waals surface area contributed by atoms with Crippen LogP contribution in [0.3, 0.4) is 0 Å². The van der Waals surface area contributed by atoms with Crippen molar-refractivity contribution >= 4 is 0 Å². The van der Waals surface area contributed by atoms with Crippen LogP contribution < -0.4 is 4.74 Å². The van der Waals surface area contributed by atoms with Gasteiger partial charge in [-0.3, -0.25) is 4.98 Å². The summed E-state index contributed by atoms with van der Waals surface area (Å²) in [6.45, 7) is 8.24. The van der Waals surface area contributed by atoms with Gasteiger partial charge in [-0.15, -0.1) is 0 Å². The van der Waals surface area contributed by atoms with Crippen molar-refractivity contribution in [2.24, 2.45) is 0 Å². The number of nitrogens with zero attached hydrogens (tertiary/aromatic N) is 1. The third-order valence-corrected chi connectivity index (χ3v) is 5.07. The second-order valence-electron chi connectivity index (χ2n) is 7.34. The van der Waals surface area contributed by atoms with Crippen molar-refractivity contribution in [1.29, 1.82) is 0 Å². The van der Waals surface area contributed by atoms with Crippen molar-refractivity contribution in [1.82, 2.24) is 4.98 Å². The van der Waals surface area contributed by atoms with E-state index in [9.17, 15) is 0 Å². The van der Waals surface area contributed by atoms with E-state index in [1.807, 2.05) is 44.2 Å². The zero-order valence-electron chi connectivity index (χ0n) is 16.1. The Kier molecular flexibility index (Phi) is 3.37. The number of rotatable bonds is 2. The predicted molar refractivity (Wildman–Crippen MR) is 102 cm³/mol. The fourth-order valence-electron chi connectivity index (χ4n) is 3.56. The van der Waals surface area contributed by atoms with Gasteiger partial charge in [0.1, 0.15) is 11.5 Å². The monoisotopic (exact) mass is 330 g/mol. The summed E-state index contributed by atoms with van der Waals surface area (Å²) in [5.41, 5.74) is 4.96. The normalized spacial score (nSPS) is 15.6. The molecule has 126 valence electrons. The molecule has 2 aromatic carbocycles. The minimum Gasteiger partial charge on any atom is -0.456 e. The van der Waals surface area contributed by atoms with E-state index in [4.69, 9.17) is 6.11 Å². The van der Waals surface area contributed by atoms with Crippen LogP contribution in [0.4, 0.5) is 0 Å². The fourth-order valence-corrected chi connectivity index (χ4v) is 3.56. The number of ether oxygens (including phenoxy) is 1. The SMILES string of the molecule is [2H]C(C)(C)c1ccnc(-c2cccc3c2Oc2ccccc2C3(C)C)c1. The Bertz CT molecular complexity index is 985. The molecule has 2 heteroatoms. The van der Waals surface area contributed by atoms with Crippen molar-refractivity contribution in [3.05, 3.63) is 77.5 Å². The van der Waals surface area contributed by atoms with Crippen LogP contribution in [0.2, 0.25) is 0 Å². The Morgan fingerprint density at radius 1 is 1.00 bits per heavy atom. The maximum Gasteiger partial charge on any atom is 0.140 e. The molecule has 0 aliphatic carbocycles. The van der Waals surface area contributed by atoms with Crippen LogP contribution in [0.1, 0.15) is 51.7 Å². The predicted octanol–water partition coefficient (Wildman–Crippen LogP) is 6.30. The lowest BCUT2D eigenvalue weighted by Crippen LogP contribution is -2.24. The molecule has 25 heavy (non-hydrogen) atoms. The Morgan fingerprint density at radius 3 is 2.56 bits per heavy atom. The van der Waals surface area contributed by atoms with Gasteiger partial charge in [0.25, 0.3) is 0 Å². The van der Waals surface area contributed by atoms with Crippen LogP contribution in [0.5, 0.6) is 11.5 Å². The maximum absolute atomic E-state index is 8.32. The average Bonchev–Trinajstić information content (AvgIpc) is 2.61. The van der Waals surface area contributed by atoms with Crippen molar-refractivity contribution in [2.75, 3.05) is 0 Å². The zero-order chi connectivity index (χ0) is 18.5. The second-order valence-corrected chi connectivity index (χ2v) is 7.34. The highest BCUT2D eigenvalue weighted by atomic mass is 16.5. The Labute approximate surface area is 150 Å². The lowest BCUT2D eigenvalue weighted by atomic mass is 9.75. The molecule has 0 saturated carbocycles. The summed E-state index contributed by atoms with van der Waals surface area (Å²) in [6.07, 6.45) is 1.78. The molecule has 2 nitrogen and oxygen atoms in total. The molecule has 0 bridgehead atoms. The van der Waals surface area contributed by atoms with E-state index in [2.05, 4.69) is 43.1 Å². The number of aromatic nitrogens is 1. The molecule has 0 radical (unpaired) electrons. The van der Waals surface area contributed by atoms with Gasteiger partial charge in [0.15, 0.2) is 0 Å². The first-order valence-corrected chi connectivity index (χ1v) is 8.66. The van der Waals surface area contributed by atoms with E-state index in [-0.39, 0.29) is 5.41 Å². The third-order valence-electron chi connectivity index (χ3n) is 5.07. The lowest BCUT2D eigenvalue weighted by Gasteiger charge is -2.35. The number of hydrogen-bond acceptors (Lipinski definition) is 2. The van der Waals surface area contributed by atoms with Crippen LogP contribution in [0.25, 0.3) is 11.3 Å². The summed E-state index contributed by atoms with van der Waals surface area (Å²) in [5, 5.41) is 0. The summed E-state index contributed by atoms with van der Waals surface area (Å²) < 4.78 is 14.7. The number of fused-ring (bicyclic) bond motifs is 2. The van der Waals surface area contributed by atoms with Gasteiger partial charge in [0.2, 0.25) is 0 Å². The second kappa shape index (κ2) is 5.73. The number of para-hydroxylation sites is 2. The largest absolute Gasteiger partial charge is 0.456 e. The molecule has 2 heterocycles. The van der Waals surface area contributed by atoms with Crippen molar-refractivity contribution < 1.29 is 6.11 Å². The van der Waals surface area contributed by atoms with Gasteiger partial charge in [0, 0.05) is 29.7 Å². The van der Waals surface area contributed by atoms with Gasteiger partial charge >= 0.3 is 0 Å². The van der Waals surface area contributed by atoms with E-state index in [0.29, 0.717) is 0 Å². The molecule has 4 rings (SSSR count). The summed E-state index contributed by atoms with van der Waals surface area (Å²) in [4.78, 5) is 4.57. The molecule has 0 saturated heterocycles. The lowest BCUT2D eigenvalue weighted by molar-refractivity contribution is 0.419. The molecule has 1 aliphatic rings. The topological polar surface area (TPSA) is 22.1 Å². The first-order valence-electron chi connectivity index (χ1n) is 9.16. The Balaban J connectivity index is 1.91. The van der Waals surface area contributed by atoms with Gasteiger partial charge in [-0.05, 0) is 35.7 Å². The van der Waals surface area contributed by atoms with Crippen LogP contribution >= 0.6 is 0 Å². The first kappa shape index (κ1) is 14.7. The quantitative estimate of drug-likeness (QED) is 0.550. The van der Waals surface area contributed by atoms with E-state index in [0.717, 1.165) is 33.9 Å². The van der Waals surface area contributed by atoms with E-state index >= 15 is 0 Å². The number of hydrogen-bond donors (Lipinski definition) is 0. The third kappa shape index (κ3) is 2.53. The summed E-state index contributed by atoms with van der Waals surface area (Å²) >= 11 is 0. The van der Waals surface area contributed by atoms with E-state index in [1.165, 1.54) is 5.56 Å². The smallest absolute Gasteiger partial charge is 0.140 e. The molecule has 0 amide bonds. The van der Waals surface area contributed by atoms with Gasteiger partial charge in [-0.2, -0.15) is 0 Å². The maximum atomic E-state index is 8.32. The van der Waals surface area contributed by atoms with Gasteiger partial charge in [0.05, 0.1) is 5.69 Å². The van der Waals surface area contributed by atoms with Crippen LogP contribution in [0.15, 0.2) is 60.8 Å². The highest BCUT2D eigenvalue weighted by molar-refractivity contribution is 5.74. The van der Waals surface area contributed by atoms with E-state index < -0.39 is 5.89 Å². The molecule has 0 unspecified atom stereocenters. The van der Waals surface area contributed by atoms with E-state index in [1.54, 1.807) is 6.20 Å². The summed E-state index contributed by atoms with van der Waals surface area (Å²) in [7, 11) is 0. The fraction of sp³-hybridized carbons (Fsp3) is 0.261. The Morgan fingerprint density at radius 2 is 1.76 bits per heavy atom. The van der Waals surface area contributed by atoms with Crippen molar-refractivity contribution in [3.63, 3.8) is 0 Å². The molecule has 1 aromatic heterocycles. The highest BCUT2D eigenvalue weighted by Gasteiger charge is 2.35. The average molecular weight is 330 g/mol. The highest BCUT2D eigenvalue weighted by Crippen LogP contribution is 2.50. The molecule has 0 atom stereocenters. The van der Waals surface area contributed by atoms with Crippen LogP contribution in [-0.4, -0.2) is 4.98 Å². The Hall–Kier alpha value is -2.61. The molecule has 0 N–H and O–H groups in total. The first-order chi connectivity index (χ1) is 12.3. The molecule has 3 aromatic rings. The van der Waals surface area contributed by atoms with Crippen LogP contribution in [0, 0.1) is 0 Å². The van der Waals surface area contributed by atoms with Crippen molar-refractivity contribution in [2.45, 2.75) is 39.0 Å². The number of pyridine rings is 1. The minimum atomic E-state index is -0.667. The molecular weight excluding hydrogens is 306 g/mol. The molecule has 0 spiro atoms. The molecule has 0 fully saturated rings.